The molecule has 174 valence electrons. The van der Waals surface area contributed by atoms with Gasteiger partial charge < -0.3 is 10.2 Å². The van der Waals surface area contributed by atoms with Gasteiger partial charge in [0.25, 0.3) is 5.56 Å². The average molecular weight is 473 g/mol. The van der Waals surface area contributed by atoms with Crippen molar-refractivity contribution in [1.82, 2.24) is 14.9 Å². The quantitative estimate of drug-likeness (QED) is 0.389. The second kappa shape index (κ2) is 10.6. The molecule has 1 heterocycles. The molecule has 0 aliphatic rings. The first-order valence-corrected chi connectivity index (χ1v) is 12.1. The van der Waals surface area contributed by atoms with E-state index in [4.69, 9.17) is 0 Å². The van der Waals surface area contributed by atoms with Crippen LogP contribution in [0.5, 0.6) is 0 Å². The van der Waals surface area contributed by atoms with Crippen molar-refractivity contribution in [3.8, 4) is 0 Å². The molecule has 1 N–H and O–H groups in total. The van der Waals surface area contributed by atoms with E-state index in [9.17, 15) is 9.59 Å². The van der Waals surface area contributed by atoms with E-state index in [0.29, 0.717) is 18.1 Å². The van der Waals surface area contributed by atoms with E-state index in [-0.39, 0.29) is 17.2 Å². The van der Waals surface area contributed by atoms with Gasteiger partial charge in [0.2, 0.25) is 5.91 Å². The number of para-hydroxylation sites is 2. The number of aromatic nitrogens is 2. The summed E-state index contributed by atoms with van der Waals surface area (Å²) >= 11 is 1.18. The number of fused-ring (bicyclic) bond motifs is 1. The van der Waals surface area contributed by atoms with Crippen molar-refractivity contribution in [3.05, 3.63) is 99.8 Å². The van der Waals surface area contributed by atoms with Crippen molar-refractivity contribution in [3.63, 3.8) is 0 Å². The Morgan fingerprint density at radius 1 is 0.971 bits per heavy atom. The molecule has 0 saturated carbocycles. The van der Waals surface area contributed by atoms with Gasteiger partial charge in [-0.15, -0.1) is 0 Å². The predicted molar refractivity (Wildman–Crippen MR) is 140 cm³/mol. The van der Waals surface area contributed by atoms with Crippen LogP contribution in [0.1, 0.15) is 16.7 Å². The number of thioether (sulfide) groups is 1. The Morgan fingerprint density at radius 3 is 2.35 bits per heavy atom. The molecule has 0 unspecified atom stereocenters. The molecule has 0 radical (unpaired) electrons. The van der Waals surface area contributed by atoms with Crippen LogP contribution in [-0.4, -0.2) is 35.3 Å². The third kappa shape index (κ3) is 5.66. The summed E-state index contributed by atoms with van der Waals surface area (Å²) in [4.78, 5) is 32.3. The Morgan fingerprint density at radius 2 is 1.65 bits per heavy atom. The first-order chi connectivity index (χ1) is 16.4. The summed E-state index contributed by atoms with van der Waals surface area (Å²) < 4.78 is 1.74. The number of benzene rings is 3. The highest BCUT2D eigenvalue weighted by atomic mass is 32.2. The standard InChI is InChI=1S/C27H28N4O2S/c1-19-8-10-21(11-9-19)17-31-24-7-5-4-6-23(24)29-26(27(31)33)34-18-25(32)28-16-20-12-14-22(15-13-20)30(2)3/h4-15H,16-18H2,1-3H3,(H,28,32). The SMILES string of the molecule is Cc1ccc(Cn2c(=O)c(SCC(=O)NCc3ccc(N(C)C)cc3)nc3ccccc32)cc1. The summed E-state index contributed by atoms with van der Waals surface area (Å²) in [5.74, 6) is -0.0120. The van der Waals surface area contributed by atoms with Gasteiger partial charge in [0.05, 0.1) is 23.3 Å². The lowest BCUT2D eigenvalue weighted by atomic mass is 10.1. The molecule has 34 heavy (non-hydrogen) atoms. The molecule has 0 atom stereocenters. The number of nitrogens with zero attached hydrogens (tertiary/aromatic N) is 3. The second-order valence-electron chi connectivity index (χ2n) is 8.41. The van der Waals surface area contributed by atoms with Crippen LogP contribution in [0.3, 0.4) is 0 Å². The maximum Gasteiger partial charge on any atom is 0.283 e. The highest BCUT2D eigenvalue weighted by Gasteiger charge is 2.14. The van der Waals surface area contributed by atoms with Crippen LogP contribution in [0.2, 0.25) is 0 Å². The molecule has 0 spiro atoms. The fourth-order valence-electron chi connectivity index (χ4n) is 3.59. The molecule has 0 aliphatic carbocycles. The summed E-state index contributed by atoms with van der Waals surface area (Å²) in [7, 11) is 3.98. The topological polar surface area (TPSA) is 67.2 Å². The van der Waals surface area contributed by atoms with Crippen molar-refractivity contribution in [1.29, 1.82) is 0 Å². The Bertz CT molecular complexity index is 1350. The number of hydrogen-bond donors (Lipinski definition) is 1. The molecule has 6 nitrogen and oxygen atoms in total. The number of hydrogen-bond acceptors (Lipinski definition) is 5. The maximum atomic E-state index is 13.3. The molecular formula is C27H28N4O2S. The van der Waals surface area contributed by atoms with E-state index < -0.39 is 0 Å². The molecule has 3 aromatic carbocycles. The number of carbonyl (C=O) groups excluding carboxylic acids is 1. The van der Waals surface area contributed by atoms with Crippen molar-refractivity contribution in [2.24, 2.45) is 0 Å². The molecule has 1 aromatic heterocycles. The van der Waals surface area contributed by atoms with Gasteiger partial charge in [-0.2, -0.15) is 0 Å². The first kappa shape index (κ1) is 23.6. The molecule has 7 heteroatoms. The van der Waals surface area contributed by atoms with Gasteiger partial charge in [-0.3, -0.25) is 14.2 Å². The van der Waals surface area contributed by atoms with Crippen LogP contribution in [-0.2, 0) is 17.9 Å². The normalized spacial score (nSPS) is 10.9. The molecule has 4 rings (SSSR count). The minimum Gasteiger partial charge on any atom is -0.378 e. The van der Waals surface area contributed by atoms with Crippen molar-refractivity contribution < 1.29 is 4.79 Å². The van der Waals surface area contributed by atoms with Gasteiger partial charge in [-0.05, 0) is 42.3 Å². The zero-order valence-corrected chi connectivity index (χ0v) is 20.4. The third-order valence-corrected chi connectivity index (χ3v) is 6.51. The van der Waals surface area contributed by atoms with Gasteiger partial charge in [0.1, 0.15) is 0 Å². The number of amides is 1. The van der Waals surface area contributed by atoms with Crippen molar-refractivity contribution in [2.45, 2.75) is 25.0 Å². The Labute approximate surface area is 203 Å². The van der Waals surface area contributed by atoms with E-state index in [1.54, 1.807) is 4.57 Å². The Kier molecular flexibility index (Phi) is 7.33. The number of anilines is 1. The van der Waals surface area contributed by atoms with Crippen LogP contribution < -0.4 is 15.8 Å². The zero-order valence-electron chi connectivity index (χ0n) is 19.6. The Balaban J connectivity index is 1.47. The van der Waals surface area contributed by atoms with E-state index >= 15 is 0 Å². The molecule has 0 fully saturated rings. The summed E-state index contributed by atoms with van der Waals surface area (Å²) in [5, 5.41) is 3.25. The average Bonchev–Trinajstić information content (AvgIpc) is 2.85. The van der Waals surface area contributed by atoms with E-state index in [0.717, 1.165) is 27.8 Å². The third-order valence-electron chi connectivity index (χ3n) is 5.57. The fourth-order valence-corrected chi connectivity index (χ4v) is 4.36. The molecule has 0 saturated heterocycles. The highest BCUT2D eigenvalue weighted by molar-refractivity contribution is 7.99. The lowest BCUT2D eigenvalue weighted by Gasteiger charge is -2.13. The second-order valence-corrected chi connectivity index (χ2v) is 9.37. The lowest BCUT2D eigenvalue weighted by molar-refractivity contribution is -0.118. The van der Waals surface area contributed by atoms with E-state index in [1.165, 1.54) is 17.3 Å². The van der Waals surface area contributed by atoms with Crippen LogP contribution in [0, 0.1) is 6.92 Å². The molecule has 0 aliphatic heterocycles. The largest absolute Gasteiger partial charge is 0.378 e. The van der Waals surface area contributed by atoms with Crippen LogP contribution in [0.15, 0.2) is 82.6 Å². The zero-order chi connectivity index (χ0) is 24.1. The Hall–Kier alpha value is -3.58. The minimum absolute atomic E-state index is 0.126. The molecule has 0 bridgehead atoms. The van der Waals surface area contributed by atoms with Gasteiger partial charge in [-0.25, -0.2) is 4.98 Å². The first-order valence-electron chi connectivity index (χ1n) is 11.1. The highest BCUT2D eigenvalue weighted by Crippen LogP contribution is 2.18. The smallest absolute Gasteiger partial charge is 0.283 e. The van der Waals surface area contributed by atoms with Gasteiger partial charge in [0, 0.05) is 26.3 Å². The number of nitrogens with one attached hydrogen (secondary N) is 1. The van der Waals surface area contributed by atoms with Gasteiger partial charge in [-0.1, -0.05) is 65.9 Å². The van der Waals surface area contributed by atoms with Crippen LogP contribution in [0.25, 0.3) is 11.0 Å². The molecular weight excluding hydrogens is 444 g/mol. The van der Waals surface area contributed by atoms with E-state index in [1.807, 2.05) is 98.7 Å². The summed E-state index contributed by atoms with van der Waals surface area (Å²) in [5.41, 5.74) is 5.67. The fraction of sp³-hybridized carbons (Fsp3) is 0.222. The van der Waals surface area contributed by atoms with Crippen molar-refractivity contribution >= 4 is 34.4 Å². The summed E-state index contributed by atoms with van der Waals surface area (Å²) in [6, 6.07) is 23.8. The monoisotopic (exact) mass is 472 g/mol. The van der Waals surface area contributed by atoms with E-state index in [2.05, 4.69) is 10.3 Å². The number of carbonyl (C=O) groups is 1. The lowest BCUT2D eigenvalue weighted by Crippen LogP contribution is -2.27. The molecule has 1 amide bonds. The minimum atomic E-state index is -0.184. The van der Waals surface area contributed by atoms with Crippen LogP contribution >= 0.6 is 11.8 Å². The van der Waals surface area contributed by atoms with Crippen LogP contribution in [0.4, 0.5) is 5.69 Å². The van der Waals surface area contributed by atoms with Crippen molar-refractivity contribution in [2.75, 3.05) is 24.7 Å². The molecule has 4 aromatic rings. The maximum absolute atomic E-state index is 13.3. The van der Waals surface area contributed by atoms with Gasteiger partial charge >= 0.3 is 0 Å². The summed E-state index contributed by atoms with van der Waals surface area (Å²) in [6.45, 7) is 2.93. The number of aryl methyl sites for hydroxylation is 1. The van der Waals surface area contributed by atoms with Gasteiger partial charge in [0.15, 0.2) is 5.03 Å². The number of rotatable bonds is 8. The predicted octanol–water partition coefficient (Wildman–Crippen LogP) is 4.23. The summed E-state index contributed by atoms with van der Waals surface area (Å²) in [6.07, 6.45) is 0.